The van der Waals surface area contributed by atoms with Crippen molar-refractivity contribution in [2.24, 2.45) is 11.3 Å². The second-order valence-electron chi connectivity index (χ2n) is 7.69. The summed E-state index contributed by atoms with van der Waals surface area (Å²) in [5, 5.41) is 9.45. The van der Waals surface area contributed by atoms with E-state index in [9.17, 15) is 18.3 Å². The molecule has 122 valence electrons. The lowest BCUT2D eigenvalue weighted by Gasteiger charge is -2.46. The van der Waals surface area contributed by atoms with Gasteiger partial charge in [-0.25, -0.2) is 8.42 Å². The number of nitrogens with zero attached hydrogens (tertiary/aromatic N) is 1. The molecule has 0 amide bonds. The Bertz CT molecular complexity index is 494. The van der Waals surface area contributed by atoms with Gasteiger partial charge in [0.1, 0.15) is 6.04 Å². The van der Waals surface area contributed by atoms with Crippen molar-refractivity contribution in [1.82, 2.24) is 4.31 Å². The molecule has 21 heavy (non-hydrogen) atoms. The molecular formula is C15H27NO4S. The van der Waals surface area contributed by atoms with Gasteiger partial charge < -0.3 is 5.11 Å². The maximum absolute atomic E-state index is 12.8. The van der Waals surface area contributed by atoms with E-state index in [0.717, 1.165) is 32.1 Å². The molecule has 1 saturated heterocycles. The summed E-state index contributed by atoms with van der Waals surface area (Å²) in [6, 6.07) is -0.988. The molecule has 1 N–H and O–H groups in total. The fourth-order valence-corrected chi connectivity index (χ4v) is 6.36. The van der Waals surface area contributed by atoms with Gasteiger partial charge in [-0.2, -0.15) is 4.31 Å². The van der Waals surface area contributed by atoms with Gasteiger partial charge in [0.25, 0.3) is 0 Å². The van der Waals surface area contributed by atoms with Crippen LogP contribution in [0, 0.1) is 11.3 Å². The number of carboxylic acids is 1. The van der Waals surface area contributed by atoms with Gasteiger partial charge in [-0.15, -0.1) is 0 Å². The van der Waals surface area contributed by atoms with Crippen LogP contribution in [0.3, 0.4) is 0 Å². The van der Waals surface area contributed by atoms with Crippen molar-refractivity contribution in [3.63, 3.8) is 0 Å². The molecule has 2 aliphatic rings. The number of hydrogen-bond acceptors (Lipinski definition) is 3. The van der Waals surface area contributed by atoms with E-state index in [1.807, 2.05) is 20.8 Å². The summed E-state index contributed by atoms with van der Waals surface area (Å²) in [7, 11) is -3.55. The molecule has 1 aliphatic carbocycles. The summed E-state index contributed by atoms with van der Waals surface area (Å²) in [5.41, 5.74) is -0.372. The summed E-state index contributed by atoms with van der Waals surface area (Å²) in [4.78, 5) is 11.5. The molecule has 0 radical (unpaired) electrons. The number of carboxylic acid groups (broad SMARTS) is 1. The quantitative estimate of drug-likeness (QED) is 0.867. The molecule has 5 nitrogen and oxygen atoms in total. The fraction of sp³-hybridized carbons (Fsp3) is 0.933. The Kier molecular flexibility index (Phi) is 4.69. The summed E-state index contributed by atoms with van der Waals surface area (Å²) >= 11 is 0. The lowest BCUT2D eigenvalue weighted by molar-refractivity contribution is -0.144. The lowest BCUT2D eigenvalue weighted by atomic mass is 9.78. The third-order valence-corrected chi connectivity index (χ3v) is 6.93. The van der Waals surface area contributed by atoms with Crippen molar-refractivity contribution >= 4 is 16.0 Å². The first-order valence-electron chi connectivity index (χ1n) is 7.86. The lowest BCUT2D eigenvalue weighted by Crippen LogP contribution is -2.58. The van der Waals surface area contributed by atoms with Gasteiger partial charge in [0.2, 0.25) is 10.0 Å². The number of piperidine rings is 1. The van der Waals surface area contributed by atoms with Crippen LogP contribution >= 0.6 is 0 Å². The van der Waals surface area contributed by atoms with Crippen molar-refractivity contribution < 1.29 is 18.3 Å². The molecule has 6 heteroatoms. The zero-order chi connectivity index (χ0) is 15.8. The van der Waals surface area contributed by atoms with Gasteiger partial charge in [0, 0.05) is 6.04 Å². The van der Waals surface area contributed by atoms with Crippen LogP contribution in [0.4, 0.5) is 0 Å². The maximum atomic E-state index is 12.8. The largest absolute Gasteiger partial charge is 0.480 e. The number of fused-ring (bicyclic) bond motifs is 1. The van der Waals surface area contributed by atoms with Crippen LogP contribution in [0.25, 0.3) is 0 Å². The third-order valence-electron chi connectivity index (χ3n) is 4.54. The molecule has 1 aliphatic heterocycles. The third kappa shape index (κ3) is 3.77. The zero-order valence-corrected chi connectivity index (χ0v) is 14.0. The minimum atomic E-state index is -3.55. The van der Waals surface area contributed by atoms with Crippen LogP contribution in [0.2, 0.25) is 0 Å². The number of carbonyl (C=O) groups is 1. The summed E-state index contributed by atoms with van der Waals surface area (Å²) < 4.78 is 27.0. The van der Waals surface area contributed by atoms with Crippen LogP contribution < -0.4 is 0 Å². The second kappa shape index (κ2) is 5.88. The molecule has 2 fully saturated rings. The van der Waals surface area contributed by atoms with Gasteiger partial charge in [-0.3, -0.25) is 4.79 Å². The molecule has 1 heterocycles. The van der Waals surface area contributed by atoms with Crippen LogP contribution in [0.1, 0.15) is 59.3 Å². The molecule has 1 saturated carbocycles. The van der Waals surface area contributed by atoms with E-state index in [0.29, 0.717) is 12.3 Å². The highest BCUT2D eigenvalue weighted by molar-refractivity contribution is 7.89. The SMILES string of the molecule is CC(C)(C)CS(=O)(=O)N1C(C(=O)O)CCC2CCCCC21. The van der Waals surface area contributed by atoms with Gasteiger partial charge in [-0.05, 0) is 37.0 Å². The van der Waals surface area contributed by atoms with Crippen LogP contribution in [0.15, 0.2) is 0 Å². The predicted molar refractivity (Wildman–Crippen MR) is 81.5 cm³/mol. The molecule has 0 aromatic heterocycles. The van der Waals surface area contributed by atoms with Crippen molar-refractivity contribution in [3.8, 4) is 0 Å². The van der Waals surface area contributed by atoms with E-state index in [2.05, 4.69) is 0 Å². The minimum Gasteiger partial charge on any atom is -0.480 e. The normalized spacial score (nSPS) is 31.7. The maximum Gasteiger partial charge on any atom is 0.322 e. The number of hydrogen-bond donors (Lipinski definition) is 1. The Labute approximate surface area is 127 Å². The van der Waals surface area contributed by atoms with Crippen molar-refractivity contribution in [3.05, 3.63) is 0 Å². The van der Waals surface area contributed by atoms with Gasteiger partial charge in [0.05, 0.1) is 5.75 Å². The molecule has 3 atom stereocenters. The van der Waals surface area contributed by atoms with Gasteiger partial charge in [-0.1, -0.05) is 33.6 Å². The molecule has 3 unspecified atom stereocenters. The molecule has 0 spiro atoms. The predicted octanol–water partition coefficient (Wildman–Crippen LogP) is 2.47. The van der Waals surface area contributed by atoms with Crippen molar-refractivity contribution in [1.29, 1.82) is 0 Å². The number of rotatable bonds is 3. The first kappa shape index (κ1) is 16.7. The van der Waals surface area contributed by atoms with Crippen molar-refractivity contribution in [2.45, 2.75) is 71.4 Å². The zero-order valence-electron chi connectivity index (χ0n) is 13.2. The Morgan fingerprint density at radius 1 is 1.14 bits per heavy atom. The van der Waals surface area contributed by atoms with Crippen LogP contribution in [0.5, 0.6) is 0 Å². The van der Waals surface area contributed by atoms with Gasteiger partial charge in [0.15, 0.2) is 0 Å². The Morgan fingerprint density at radius 2 is 1.76 bits per heavy atom. The Balaban J connectivity index is 2.34. The highest BCUT2D eigenvalue weighted by atomic mass is 32.2. The summed E-state index contributed by atoms with van der Waals surface area (Å²) in [6.45, 7) is 5.63. The van der Waals surface area contributed by atoms with Crippen LogP contribution in [-0.4, -0.2) is 41.6 Å². The summed E-state index contributed by atoms with van der Waals surface area (Å²) in [5.74, 6) is -0.659. The fourth-order valence-electron chi connectivity index (χ4n) is 3.84. The van der Waals surface area contributed by atoms with E-state index in [1.54, 1.807) is 0 Å². The van der Waals surface area contributed by atoms with Crippen molar-refractivity contribution in [2.75, 3.05) is 5.75 Å². The number of sulfonamides is 1. The van der Waals surface area contributed by atoms with Gasteiger partial charge >= 0.3 is 5.97 Å². The summed E-state index contributed by atoms with van der Waals surface area (Å²) in [6.07, 6.45) is 5.24. The van der Waals surface area contributed by atoms with Crippen LogP contribution in [-0.2, 0) is 14.8 Å². The molecule has 0 bridgehead atoms. The second-order valence-corrected chi connectivity index (χ2v) is 9.56. The minimum absolute atomic E-state index is 0.00694. The first-order valence-corrected chi connectivity index (χ1v) is 9.47. The Hall–Kier alpha value is -0.620. The van der Waals surface area contributed by atoms with E-state index >= 15 is 0 Å². The number of aliphatic carboxylic acids is 1. The topological polar surface area (TPSA) is 74.7 Å². The monoisotopic (exact) mass is 317 g/mol. The molecule has 0 aromatic rings. The molecule has 0 aromatic carbocycles. The van der Waals surface area contributed by atoms with E-state index < -0.39 is 22.0 Å². The first-order chi connectivity index (χ1) is 9.62. The van der Waals surface area contributed by atoms with E-state index in [1.165, 1.54) is 4.31 Å². The highest BCUT2D eigenvalue weighted by Crippen LogP contribution is 2.40. The smallest absolute Gasteiger partial charge is 0.322 e. The molecular weight excluding hydrogens is 290 g/mol. The average molecular weight is 317 g/mol. The van der Waals surface area contributed by atoms with E-state index in [4.69, 9.17) is 0 Å². The Morgan fingerprint density at radius 3 is 2.33 bits per heavy atom. The standard InChI is InChI=1S/C15H27NO4S/c1-15(2,3)10-21(19,20)16-12-7-5-4-6-11(12)8-9-13(16)14(17)18/h11-13H,4-10H2,1-3H3,(H,17,18). The van der Waals surface area contributed by atoms with E-state index in [-0.39, 0.29) is 17.2 Å². The molecule has 2 rings (SSSR count). The average Bonchev–Trinajstić information content (AvgIpc) is 2.34. The highest BCUT2D eigenvalue weighted by Gasteiger charge is 2.47.